The summed E-state index contributed by atoms with van der Waals surface area (Å²) in [6.45, 7) is 5.24. The minimum absolute atomic E-state index is 0.0448. The number of nitrogens with zero attached hydrogens (tertiary/aromatic N) is 3. The highest BCUT2D eigenvalue weighted by Gasteiger charge is 2.31. The zero-order valence-electron chi connectivity index (χ0n) is 17.3. The summed E-state index contributed by atoms with van der Waals surface area (Å²) in [6, 6.07) is 10.8. The van der Waals surface area contributed by atoms with E-state index in [-0.39, 0.29) is 15.8 Å². The fourth-order valence-corrected chi connectivity index (χ4v) is 5.26. The van der Waals surface area contributed by atoms with E-state index in [4.69, 9.17) is 21.5 Å². The molecule has 1 saturated heterocycles. The summed E-state index contributed by atoms with van der Waals surface area (Å²) in [5, 5.41) is 5.25. The molecule has 1 fully saturated rings. The van der Waals surface area contributed by atoms with Gasteiger partial charge in [0.1, 0.15) is 10.6 Å². The van der Waals surface area contributed by atoms with Crippen molar-refractivity contribution in [2.45, 2.75) is 11.4 Å². The van der Waals surface area contributed by atoms with Gasteiger partial charge < -0.3 is 14.5 Å². The first-order chi connectivity index (χ1) is 14.8. The average molecular weight is 465 g/mol. The number of amides is 1. The maximum absolute atomic E-state index is 12.8. The molecule has 0 aliphatic carbocycles. The first kappa shape index (κ1) is 21.9. The molecule has 2 heterocycles. The van der Waals surface area contributed by atoms with Gasteiger partial charge in [-0.05, 0) is 29.8 Å². The van der Waals surface area contributed by atoms with E-state index in [1.54, 1.807) is 12.0 Å². The van der Waals surface area contributed by atoms with E-state index in [1.165, 1.54) is 12.1 Å². The average Bonchev–Trinajstić information content (AvgIpc) is 3.05. The molecule has 1 amide bonds. The van der Waals surface area contributed by atoms with Crippen LogP contribution in [0.25, 0.3) is 0 Å². The molecule has 31 heavy (non-hydrogen) atoms. The number of sulfonamides is 1. The van der Waals surface area contributed by atoms with Gasteiger partial charge in [-0.2, -0.15) is 0 Å². The van der Waals surface area contributed by atoms with Gasteiger partial charge >= 0.3 is 0 Å². The van der Waals surface area contributed by atoms with Gasteiger partial charge in [0, 0.05) is 51.4 Å². The van der Waals surface area contributed by atoms with E-state index < -0.39 is 10.0 Å². The van der Waals surface area contributed by atoms with E-state index in [2.05, 4.69) is 15.9 Å². The molecule has 0 unspecified atom stereocenters. The molecule has 2 aliphatic rings. The summed E-state index contributed by atoms with van der Waals surface area (Å²) in [4.78, 5) is 18.9. The minimum atomic E-state index is -3.98. The van der Waals surface area contributed by atoms with Crippen LogP contribution in [0.4, 0.5) is 5.69 Å². The molecule has 0 radical (unpaired) electrons. The number of carbonyl (C=O) groups excluding carboxylic acids is 1. The minimum Gasteiger partial charge on any atom is -0.495 e. The van der Waals surface area contributed by atoms with Crippen molar-refractivity contribution in [3.63, 3.8) is 0 Å². The molecular weight excluding hydrogens is 440 g/mol. The Kier molecular flexibility index (Phi) is 6.11. The number of primary sulfonamides is 1. The molecule has 0 aromatic heterocycles. The molecule has 2 aromatic carbocycles. The summed E-state index contributed by atoms with van der Waals surface area (Å²) >= 11 is 6.06. The number of piperazine rings is 1. The number of rotatable bonds is 6. The lowest BCUT2D eigenvalue weighted by atomic mass is 10.1. The van der Waals surface area contributed by atoms with Crippen molar-refractivity contribution in [2.24, 2.45) is 5.14 Å². The molecule has 2 N–H and O–H groups in total. The van der Waals surface area contributed by atoms with Gasteiger partial charge in [-0.1, -0.05) is 23.7 Å². The van der Waals surface area contributed by atoms with E-state index in [0.29, 0.717) is 18.7 Å². The van der Waals surface area contributed by atoms with Crippen LogP contribution in [-0.2, 0) is 16.6 Å². The van der Waals surface area contributed by atoms with Crippen molar-refractivity contribution in [1.82, 2.24) is 9.80 Å². The molecule has 166 valence electrons. The van der Waals surface area contributed by atoms with Crippen LogP contribution in [0, 0.1) is 0 Å². The van der Waals surface area contributed by atoms with Gasteiger partial charge in [0.05, 0.1) is 17.8 Å². The first-order valence-corrected chi connectivity index (χ1v) is 11.9. The maximum Gasteiger partial charge on any atom is 0.254 e. The number of fused-ring (bicyclic) bond motifs is 1. The standard InChI is InChI=1S/C21H25ClN4O4S/c1-30-19-5-3-2-4-18(19)25-9-6-24(7-10-25)8-11-26-14-15-12-17(22)20(31(23,28)29)13-16(15)21(26)27/h2-5,12-13H,6-11,14H2,1H3,(H2,23,28,29). The molecule has 0 spiro atoms. The zero-order valence-corrected chi connectivity index (χ0v) is 18.8. The highest BCUT2D eigenvalue weighted by molar-refractivity contribution is 7.89. The van der Waals surface area contributed by atoms with Crippen LogP contribution in [0.15, 0.2) is 41.3 Å². The monoisotopic (exact) mass is 464 g/mol. The summed E-state index contributed by atoms with van der Waals surface area (Å²) in [5.41, 5.74) is 2.18. The normalized spacial score (nSPS) is 17.2. The predicted molar refractivity (Wildman–Crippen MR) is 119 cm³/mol. The summed E-state index contributed by atoms with van der Waals surface area (Å²) < 4.78 is 28.9. The summed E-state index contributed by atoms with van der Waals surface area (Å²) in [5.74, 6) is 0.679. The molecule has 0 atom stereocenters. The van der Waals surface area contributed by atoms with E-state index >= 15 is 0 Å². The number of hydrogen-bond acceptors (Lipinski definition) is 6. The Morgan fingerprint density at radius 1 is 1.10 bits per heavy atom. The highest BCUT2D eigenvalue weighted by atomic mass is 35.5. The van der Waals surface area contributed by atoms with Crippen molar-refractivity contribution >= 4 is 33.2 Å². The van der Waals surface area contributed by atoms with Gasteiger partial charge in [-0.15, -0.1) is 0 Å². The Balaban J connectivity index is 1.35. The lowest BCUT2D eigenvalue weighted by Crippen LogP contribution is -2.48. The zero-order chi connectivity index (χ0) is 22.2. The van der Waals surface area contributed by atoms with Crippen molar-refractivity contribution < 1.29 is 17.9 Å². The van der Waals surface area contributed by atoms with Gasteiger partial charge in [0.15, 0.2) is 0 Å². The van der Waals surface area contributed by atoms with Crippen LogP contribution >= 0.6 is 11.6 Å². The number of nitrogens with two attached hydrogens (primary N) is 1. The van der Waals surface area contributed by atoms with Crippen LogP contribution in [0.5, 0.6) is 5.75 Å². The number of benzene rings is 2. The number of methoxy groups -OCH3 is 1. The third-order valence-electron chi connectivity index (χ3n) is 5.83. The Bertz CT molecular complexity index is 1100. The van der Waals surface area contributed by atoms with Gasteiger partial charge in [0.25, 0.3) is 5.91 Å². The highest BCUT2D eigenvalue weighted by Crippen LogP contribution is 2.31. The number of para-hydroxylation sites is 2. The van der Waals surface area contributed by atoms with Gasteiger partial charge in [-0.25, -0.2) is 13.6 Å². The molecule has 4 rings (SSSR count). The Morgan fingerprint density at radius 3 is 2.48 bits per heavy atom. The fourth-order valence-electron chi connectivity index (χ4n) is 4.14. The molecule has 2 aromatic rings. The van der Waals surface area contributed by atoms with Crippen LogP contribution in [0.1, 0.15) is 15.9 Å². The molecule has 10 heteroatoms. The smallest absolute Gasteiger partial charge is 0.254 e. The van der Waals surface area contributed by atoms with E-state index in [1.807, 2.05) is 18.2 Å². The number of ether oxygens (including phenoxy) is 1. The van der Waals surface area contributed by atoms with E-state index in [0.717, 1.165) is 49.7 Å². The molecule has 0 saturated carbocycles. The molecule has 8 nitrogen and oxygen atoms in total. The SMILES string of the molecule is COc1ccccc1N1CCN(CCN2Cc3cc(Cl)c(S(N)(=O)=O)cc3C2=O)CC1. The maximum atomic E-state index is 12.8. The van der Waals surface area contributed by atoms with Crippen LogP contribution < -0.4 is 14.8 Å². The van der Waals surface area contributed by atoms with Crippen molar-refractivity contribution in [1.29, 1.82) is 0 Å². The predicted octanol–water partition coefficient (Wildman–Crippen LogP) is 1.77. The third-order valence-corrected chi connectivity index (χ3v) is 7.20. The largest absolute Gasteiger partial charge is 0.495 e. The number of anilines is 1. The summed E-state index contributed by atoms with van der Waals surface area (Å²) in [7, 11) is -2.30. The van der Waals surface area contributed by atoms with E-state index in [9.17, 15) is 13.2 Å². The number of halogens is 1. The topological polar surface area (TPSA) is 96.2 Å². The Labute approximate surface area is 187 Å². The molecule has 0 bridgehead atoms. The molecule has 2 aliphatic heterocycles. The van der Waals surface area contributed by atoms with Crippen LogP contribution in [0.2, 0.25) is 5.02 Å². The number of carbonyl (C=O) groups is 1. The van der Waals surface area contributed by atoms with Crippen molar-refractivity contribution in [2.75, 3.05) is 51.3 Å². The van der Waals surface area contributed by atoms with Crippen molar-refractivity contribution in [3.05, 3.63) is 52.5 Å². The lowest BCUT2D eigenvalue weighted by molar-refractivity contribution is 0.0756. The number of hydrogen-bond donors (Lipinski definition) is 1. The third kappa shape index (κ3) is 4.50. The first-order valence-electron chi connectivity index (χ1n) is 10.0. The Morgan fingerprint density at radius 2 is 1.81 bits per heavy atom. The van der Waals surface area contributed by atoms with Crippen LogP contribution in [-0.4, -0.2) is 70.5 Å². The van der Waals surface area contributed by atoms with Crippen molar-refractivity contribution in [3.8, 4) is 5.75 Å². The fraction of sp³-hybridized carbons (Fsp3) is 0.381. The second-order valence-corrected chi connectivity index (χ2v) is 9.65. The van der Waals surface area contributed by atoms with Crippen LogP contribution in [0.3, 0.4) is 0 Å². The summed E-state index contributed by atoms with van der Waals surface area (Å²) in [6.07, 6.45) is 0. The lowest BCUT2D eigenvalue weighted by Gasteiger charge is -2.37. The second-order valence-electron chi connectivity index (χ2n) is 7.71. The second kappa shape index (κ2) is 8.66. The van der Waals surface area contributed by atoms with Gasteiger partial charge in [-0.3, -0.25) is 9.69 Å². The molecular formula is C21H25ClN4O4S. The Hall–Kier alpha value is -2.33. The van der Waals surface area contributed by atoms with Gasteiger partial charge in [0.2, 0.25) is 10.0 Å². The quantitative estimate of drug-likeness (QED) is 0.700.